The van der Waals surface area contributed by atoms with Gasteiger partial charge in [-0.15, -0.1) is 0 Å². The van der Waals surface area contributed by atoms with Crippen LogP contribution < -0.4 is 0 Å². The number of likely N-dealkylation sites (N-methyl/N-ethyl adjacent to an activating group) is 1. The van der Waals surface area contributed by atoms with Crippen molar-refractivity contribution in [1.29, 1.82) is 5.26 Å². The summed E-state index contributed by atoms with van der Waals surface area (Å²) in [6.45, 7) is 11.2. The standard InChI is InChI=1S/C17H24N2Se/c1-16(2,3)14-7-6-13-9-19(5)10-17(4,11-20-12-18)15(13)8-14/h6-8H,9-11H2,1-5H3. The van der Waals surface area contributed by atoms with Gasteiger partial charge in [0.2, 0.25) is 0 Å². The van der Waals surface area contributed by atoms with Crippen LogP contribution in [0.3, 0.4) is 0 Å². The molecular formula is C17H24N2Se. The van der Waals surface area contributed by atoms with Gasteiger partial charge < -0.3 is 0 Å². The van der Waals surface area contributed by atoms with E-state index in [1.54, 1.807) is 0 Å². The summed E-state index contributed by atoms with van der Waals surface area (Å²) in [5, 5.41) is 9.97. The topological polar surface area (TPSA) is 27.0 Å². The summed E-state index contributed by atoms with van der Waals surface area (Å²) in [7, 11) is 2.18. The molecule has 0 spiro atoms. The van der Waals surface area contributed by atoms with E-state index in [4.69, 9.17) is 5.26 Å². The van der Waals surface area contributed by atoms with E-state index >= 15 is 0 Å². The van der Waals surface area contributed by atoms with Crippen LogP contribution in [0.4, 0.5) is 0 Å². The maximum atomic E-state index is 8.97. The van der Waals surface area contributed by atoms with Crippen LogP contribution in [-0.4, -0.2) is 33.4 Å². The van der Waals surface area contributed by atoms with Crippen LogP contribution in [0.25, 0.3) is 0 Å². The normalized spacial score (nSPS) is 23.2. The van der Waals surface area contributed by atoms with Crippen LogP contribution in [0.2, 0.25) is 5.32 Å². The Morgan fingerprint density at radius 1 is 1.40 bits per heavy atom. The summed E-state index contributed by atoms with van der Waals surface area (Å²) >= 11 is 0.0714. The Bertz CT molecular complexity index is 539. The second kappa shape index (κ2) is 5.52. The first-order valence-electron chi connectivity index (χ1n) is 7.09. The van der Waals surface area contributed by atoms with Gasteiger partial charge >= 0.3 is 129 Å². The van der Waals surface area contributed by atoms with Crippen molar-refractivity contribution < 1.29 is 0 Å². The molecule has 1 aliphatic heterocycles. The number of nitrogens with zero attached hydrogens (tertiary/aromatic N) is 2. The molecule has 2 rings (SSSR count). The molecule has 0 bridgehead atoms. The minimum atomic E-state index is 0.0714. The Hall–Kier alpha value is -0.811. The van der Waals surface area contributed by atoms with Gasteiger partial charge in [0.25, 0.3) is 0 Å². The van der Waals surface area contributed by atoms with Gasteiger partial charge in [0, 0.05) is 0 Å². The molecule has 0 amide bonds. The van der Waals surface area contributed by atoms with Crippen molar-refractivity contribution in [2.75, 3.05) is 13.6 Å². The number of benzene rings is 1. The predicted molar refractivity (Wildman–Crippen MR) is 85.0 cm³/mol. The molecule has 1 aromatic rings. The molecule has 0 aromatic heterocycles. The van der Waals surface area contributed by atoms with Gasteiger partial charge in [-0.3, -0.25) is 0 Å². The number of rotatable bonds is 2. The molecule has 0 aliphatic carbocycles. The summed E-state index contributed by atoms with van der Waals surface area (Å²) in [5.41, 5.74) is 4.61. The quantitative estimate of drug-likeness (QED) is 0.776. The summed E-state index contributed by atoms with van der Waals surface area (Å²) in [4.78, 5) is 4.76. The van der Waals surface area contributed by atoms with Crippen molar-refractivity contribution in [1.82, 2.24) is 4.90 Å². The first-order chi connectivity index (χ1) is 9.26. The monoisotopic (exact) mass is 336 g/mol. The van der Waals surface area contributed by atoms with Gasteiger partial charge in [-0.25, -0.2) is 0 Å². The zero-order valence-corrected chi connectivity index (χ0v) is 14.9. The molecule has 1 aromatic carbocycles. The molecule has 1 heterocycles. The van der Waals surface area contributed by atoms with E-state index in [1.807, 2.05) is 0 Å². The fourth-order valence-electron chi connectivity index (χ4n) is 3.09. The molecule has 0 saturated heterocycles. The van der Waals surface area contributed by atoms with Crippen LogP contribution in [-0.2, 0) is 17.4 Å². The number of fused-ring (bicyclic) bond motifs is 1. The van der Waals surface area contributed by atoms with Crippen LogP contribution in [0.15, 0.2) is 18.2 Å². The van der Waals surface area contributed by atoms with E-state index in [1.165, 1.54) is 16.7 Å². The van der Waals surface area contributed by atoms with Crippen LogP contribution in [0.1, 0.15) is 44.4 Å². The first kappa shape index (κ1) is 15.6. The minimum absolute atomic E-state index is 0.0714. The van der Waals surface area contributed by atoms with Crippen LogP contribution in [0, 0.1) is 10.2 Å². The molecule has 2 nitrogen and oxygen atoms in total. The zero-order valence-electron chi connectivity index (χ0n) is 13.2. The molecule has 0 radical (unpaired) electrons. The number of hydrogen-bond acceptors (Lipinski definition) is 2. The van der Waals surface area contributed by atoms with E-state index in [0.717, 1.165) is 18.4 Å². The average molecular weight is 335 g/mol. The van der Waals surface area contributed by atoms with Gasteiger partial charge in [0.1, 0.15) is 0 Å². The third kappa shape index (κ3) is 3.09. The molecule has 0 N–H and O–H groups in total. The van der Waals surface area contributed by atoms with Gasteiger partial charge in [-0.05, 0) is 0 Å². The first-order valence-corrected chi connectivity index (χ1v) is 9.16. The van der Waals surface area contributed by atoms with Gasteiger partial charge in [0.15, 0.2) is 0 Å². The Kier molecular flexibility index (Phi) is 4.30. The molecule has 3 heteroatoms. The van der Waals surface area contributed by atoms with E-state index in [-0.39, 0.29) is 25.8 Å². The third-order valence-corrected chi connectivity index (χ3v) is 6.05. The van der Waals surface area contributed by atoms with Crippen molar-refractivity contribution in [3.63, 3.8) is 0 Å². The Labute approximate surface area is 129 Å². The Morgan fingerprint density at radius 2 is 2.10 bits per heavy atom. The molecular weight excluding hydrogens is 311 g/mol. The van der Waals surface area contributed by atoms with Crippen molar-refractivity contribution in [3.8, 4) is 4.97 Å². The Morgan fingerprint density at radius 3 is 2.70 bits per heavy atom. The molecule has 1 aliphatic rings. The molecule has 0 fully saturated rings. The molecule has 108 valence electrons. The third-order valence-electron chi connectivity index (χ3n) is 4.14. The van der Waals surface area contributed by atoms with E-state index in [2.05, 4.69) is 62.8 Å². The zero-order chi connectivity index (χ0) is 15.0. The second-order valence-electron chi connectivity index (χ2n) is 7.23. The van der Waals surface area contributed by atoms with E-state index in [0.29, 0.717) is 0 Å². The second-order valence-corrected chi connectivity index (χ2v) is 8.83. The molecule has 1 unspecified atom stereocenters. The summed E-state index contributed by atoms with van der Waals surface area (Å²) in [6.07, 6.45) is 0. The van der Waals surface area contributed by atoms with Crippen molar-refractivity contribution in [3.05, 3.63) is 34.9 Å². The van der Waals surface area contributed by atoms with Gasteiger partial charge in [0.05, 0.1) is 0 Å². The summed E-state index contributed by atoms with van der Waals surface area (Å²) < 4.78 is 0. The van der Waals surface area contributed by atoms with Crippen molar-refractivity contribution >= 4 is 15.0 Å². The number of nitriles is 1. The SMILES string of the molecule is CN1Cc2ccc(C(C)(C)C)cc2C(C)(C[Se]C#N)C1. The van der Waals surface area contributed by atoms with Crippen LogP contribution >= 0.6 is 0 Å². The fourth-order valence-corrected chi connectivity index (χ4v) is 4.41. The van der Waals surface area contributed by atoms with Crippen molar-refractivity contribution in [2.24, 2.45) is 0 Å². The summed E-state index contributed by atoms with van der Waals surface area (Å²) in [6, 6.07) is 6.97. The Balaban J connectivity index is 2.48. The van der Waals surface area contributed by atoms with Gasteiger partial charge in [-0.1, -0.05) is 0 Å². The van der Waals surface area contributed by atoms with Gasteiger partial charge in [-0.2, -0.15) is 0 Å². The fraction of sp³-hybridized carbons (Fsp3) is 0.588. The van der Waals surface area contributed by atoms with Crippen molar-refractivity contribution in [2.45, 2.75) is 50.4 Å². The van der Waals surface area contributed by atoms with E-state index < -0.39 is 0 Å². The summed E-state index contributed by atoms with van der Waals surface area (Å²) in [5.74, 6) is 0. The maximum absolute atomic E-state index is 8.97. The van der Waals surface area contributed by atoms with Crippen LogP contribution in [0.5, 0.6) is 0 Å². The number of hydrogen-bond donors (Lipinski definition) is 0. The van der Waals surface area contributed by atoms with E-state index in [9.17, 15) is 0 Å². The predicted octanol–water partition coefficient (Wildman–Crippen LogP) is 3.29. The molecule has 20 heavy (non-hydrogen) atoms. The molecule has 0 saturated carbocycles. The molecule has 1 atom stereocenters. The average Bonchev–Trinajstić information content (AvgIpc) is 2.34.